The van der Waals surface area contributed by atoms with Gasteiger partial charge in [0.15, 0.2) is 11.6 Å². The van der Waals surface area contributed by atoms with Crippen molar-refractivity contribution in [1.29, 1.82) is 0 Å². The van der Waals surface area contributed by atoms with Crippen LogP contribution in [0.15, 0.2) is 48.5 Å². The van der Waals surface area contributed by atoms with E-state index in [0.29, 0.717) is 21.7 Å². The molecular formula is C19H15Cl2N5. The smallest absolute Gasteiger partial charge is 0.197 e. The summed E-state index contributed by atoms with van der Waals surface area (Å²) in [5, 5.41) is 8.81. The minimum atomic E-state index is 0.470. The van der Waals surface area contributed by atoms with Crippen molar-refractivity contribution in [2.24, 2.45) is 0 Å². The summed E-state index contributed by atoms with van der Waals surface area (Å²) in [6.45, 7) is 3.93. The molecule has 2 aromatic carbocycles. The zero-order valence-corrected chi connectivity index (χ0v) is 15.7. The number of anilines is 2. The number of nitrogens with zero attached hydrogens (tertiary/aromatic N) is 4. The van der Waals surface area contributed by atoms with Crippen molar-refractivity contribution in [3.8, 4) is 5.82 Å². The van der Waals surface area contributed by atoms with Gasteiger partial charge in [-0.3, -0.25) is 0 Å². The van der Waals surface area contributed by atoms with Gasteiger partial charge in [-0.15, -0.1) is 0 Å². The van der Waals surface area contributed by atoms with Crippen molar-refractivity contribution in [3.63, 3.8) is 0 Å². The number of aryl methyl sites for hydroxylation is 2. The van der Waals surface area contributed by atoms with E-state index in [1.807, 2.05) is 50.2 Å². The molecule has 4 aromatic rings. The van der Waals surface area contributed by atoms with Gasteiger partial charge in [0.05, 0.1) is 26.8 Å². The molecule has 130 valence electrons. The Bertz CT molecular complexity index is 1120. The molecule has 0 saturated heterocycles. The lowest BCUT2D eigenvalue weighted by atomic mass is 10.3. The van der Waals surface area contributed by atoms with E-state index in [-0.39, 0.29) is 0 Å². The summed E-state index contributed by atoms with van der Waals surface area (Å²) in [5.74, 6) is 1.22. The summed E-state index contributed by atoms with van der Waals surface area (Å²) in [6, 6.07) is 15.1. The molecule has 0 atom stereocenters. The molecule has 7 heteroatoms. The van der Waals surface area contributed by atoms with Crippen LogP contribution in [0.25, 0.3) is 16.9 Å². The number of fused-ring (bicyclic) bond motifs is 1. The zero-order chi connectivity index (χ0) is 18.3. The van der Waals surface area contributed by atoms with E-state index in [0.717, 1.165) is 28.1 Å². The number of para-hydroxylation sites is 2. The molecule has 0 aliphatic carbocycles. The van der Waals surface area contributed by atoms with Gasteiger partial charge in [-0.1, -0.05) is 35.3 Å². The Balaban J connectivity index is 1.89. The van der Waals surface area contributed by atoms with E-state index in [1.54, 1.807) is 16.8 Å². The van der Waals surface area contributed by atoms with Crippen molar-refractivity contribution < 1.29 is 0 Å². The monoisotopic (exact) mass is 383 g/mol. The normalized spacial score (nSPS) is 11.1. The van der Waals surface area contributed by atoms with Crippen LogP contribution in [-0.2, 0) is 0 Å². The number of hydrogen-bond donors (Lipinski definition) is 1. The first-order valence-corrected chi connectivity index (χ1v) is 8.79. The van der Waals surface area contributed by atoms with E-state index in [1.165, 1.54) is 0 Å². The minimum absolute atomic E-state index is 0.470. The second-order valence-electron chi connectivity index (χ2n) is 5.98. The summed E-state index contributed by atoms with van der Waals surface area (Å²) < 4.78 is 1.79. The third kappa shape index (κ3) is 3.11. The van der Waals surface area contributed by atoms with Crippen molar-refractivity contribution in [1.82, 2.24) is 19.7 Å². The van der Waals surface area contributed by atoms with Gasteiger partial charge in [0, 0.05) is 11.4 Å². The number of nitrogens with one attached hydrogen (secondary N) is 1. The molecule has 4 rings (SSSR count). The fourth-order valence-electron chi connectivity index (χ4n) is 2.78. The highest BCUT2D eigenvalue weighted by Crippen LogP contribution is 2.29. The van der Waals surface area contributed by atoms with Crippen molar-refractivity contribution in [2.45, 2.75) is 13.8 Å². The fraction of sp³-hybridized carbons (Fsp3) is 0.105. The minimum Gasteiger partial charge on any atom is -0.337 e. The summed E-state index contributed by atoms with van der Waals surface area (Å²) in [7, 11) is 0. The zero-order valence-electron chi connectivity index (χ0n) is 14.2. The van der Waals surface area contributed by atoms with Crippen LogP contribution in [0.1, 0.15) is 11.4 Å². The molecule has 0 aliphatic rings. The van der Waals surface area contributed by atoms with Crippen LogP contribution in [-0.4, -0.2) is 19.7 Å². The van der Waals surface area contributed by atoms with Crippen LogP contribution in [0.3, 0.4) is 0 Å². The second kappa shape index (κ2) is 6.59. The third-order valence-corrected chi connectivity index (χ3v) is 4.68. The summed E-state index contributed by atoms with van der Waals surface area (Å²) in [5.41, 5.74) is 4.25. The van der Waals surface area contributed by atoms with Crippen LogP contribution in [0.5, 0.6) is 0 Å². The molecule has 0 fully saturated rings. The molecule has 0 aliphatic heterocycles. The highest BCUT2D eigenvalue weighted by atomic mass is 35.5. The predicted octanol–water partition coefficient (Wildman–Crippen LogP) is 5.48. The molecule has 2 heterocycles. The van der Waals surface area contributed by atoms with Crippen molar-refractivity contribution >= 4 is 45.7 Å². The van der Waals surface area contributed by atoms with Gasteiger partial charge >= 0.3 is 0 Å². The van der Waals surface area contributed by atoms with E-state index < -0.39 is 0 Å². The number of hydrogen-bond acceptors (Lipinski definition) is 4. The summed E-state index contributed by atoms with van der Waals surface area (Å²) >= 11 is 12.1. The first-order valence-electron chi connectivity index (χ1n) is 8.04. The van der Waals surface area contributed by atoms with Gasteiger partial charge in [-0.2, -0.15) is 5.10 Å². The molecule has 0 amide bonds. The quantitative estimate of drug-likeness (QED) is 0.508. The van der Waals surface area contributed by atoms with Gasteiger partial charge in [0.25, 0.3) is 0 Å². The Morgan fingerprint density at radius 3 is 2.27 bits per heavy atom. The Morgan fingerprint density at radius 1 is 0.885 bits per heavy atom. The fourth-order valence-corrected chi connectivity index (χ4v) is 3.07. The lowest BCUT2D eigenvalue weighted by Crippen LogP contribution is -2.08. The van der Waals surface area contributed by atoms with Crippen LogP contribution >= 0.6 is 23.2 Å². The second-order valence-corrected chi connectivity index (χ2v) is 6.79. The lowest BCUT2D eigenvalue weighted by Gasteiger charge is -2.13. The molecule has 0 radical (unpaired) electrons. The van der Waals surface area contributed by atoms with Gasteiger partial charge < -0.3 is 5.32 Å². The molecule has 2 aromatic heterocycles. The van der Waals surface area contributed by atoms with E-state index >= 15 is 0 Å². The number of benzene rings is 2. The molecule has 1 N–H and O–H groups in total. The molecule has 0 spiro atoms. The topological polar surface area (TPSA) is 55.6 Å². The summed E-state index contributed by atoms with van der Waals surface area (Å²) in [6.07, 6.45) is 0. The maximum atomic E-state index is 6.13. The Labute approximate surface area is 160 Å². The largest absolute Gasteiger partial charge is 0.337 e. The standard InChI is InChI=1S/C19H15Cl2N5/c1-11-9-12(2)26(25-11)19-18(22-13-7-8-14(20)15(21)10-13)23-16-5-3-4-6-17(16)24-19/h3-10H,1-2H3,(H,22,23). The molecule has 0 unspecified atom stereocenters. The number of rotatable bonds is 3. The van der Waals surface area contributed by atoms with Crippen LogP contribution < -0.4 is 5.32 Å². The first-order chi connectivity index (χ1) is 12.5. The SMILES string of the molecule is Cc1cc(C)n(-c2nc3ccccc3nc2Nc2ccc(Cl)c(Cl)c2)n1. The van der Waals surface area contributed by atoms with E-state index in [4.69, 9.17) is 33.2 Å². The lowest BCUT2D eigenvalue weighted by molar-refractivity contribution is 0.808. The average molecular weight is 384 g/mol. The maximum absolute atomic E-state index is 6.13. The van der Waals surface area contributed by atoms with Gasteiger partial charge in [0.1, 0.15) is 0 Å². The number of halogens is 2. The average Bonchev–Trinajstić information content (AvgIpc) is 2.96. The highest BCUT2D eigenvalue weighted by Gasteiger charge is 2.15. The maximum Gasteiger partial charge on any atom is 0.197 e. The molecule has 0 bridgehead atoms. The Morgan fingerprint density at radius 2 is 1.62 bits per heavy atom. The third-order valence-electron chi connectivity index (χ3n) is 3.94. The van der Waals surface area contributed by atoms with Crippen molar-refractivity contribution in [2.75, 3.05) is 5.32 Å². The van der Waals surface area contributed by atoms with Crippen LogP contribution in [0.4, 0.5) is 11.5 Å². The predicted molar refractivity (Wildman–Crippen MR) is 106 cm³/mol. The highest BCUT2D eigenvalue weighted by molar-refractivity contribution is 6.42. The molecular weight excluding hydrogens is 369 g/mol. The van der Waals surface area contributed by atoms with Gasteiger partial charge in [-0.25, -0.2) is 14.6 Å². The van der Waals surface area contributed by atoms with Crippen LogP contribution in [0.2, 0.25) is 10.0 Å². The molecule has 26 heavy (non-hydrogen) atoms. The Kier molecular flexibility index (Phi) is 4.26. The number of aromatic nitrogens is 4. The van der Waals surface area contributed by atoms with E-state index in [9.17, 15) is 0 Å². The van der Waals surface area contributed by atoms with Gasteiger partial charge in [-0.05, 0) is 50.2 Å². The molecule has 0 saturated carbocycles. The van der Waals surface area contributed by atoms with E-state index in [2.05, 4.69) is 10.4 Å². The summed E-state index contributed by atoms with van der Waals surface area (Å²) in [4.78, 5) is 9.51. The Hall–Kier alpha value is -2.63. The van der Waals surface area contributed by atoms with Gasteiger partial charge in [0.2, 0.25) is 0 Å². The first kappa shape index (κ1) is 16.8. The van der Waals surface area contributed by atoms with Crippen molar-refractivity contribution in [3.05, 3.63) is 70.0 Å². The molecule has 5 nitrogen and oxygen atoms in total. The van der Waals surface area contributed by atoms with Crippen LogP contribution in [0, 0.1) is 13.8 Å².